The molecule has 1 heterocycles. The van der Waals surface area contributed by atoms with Gasteiger partial charge in [-0.3, -0.25) is 4.18 Å². The molecule has 0 spiro atoms. The molecule has 1 aliphatic rings. The van der Waals surface area contributed by atoms with E-state index in [-0.39, 0.29) is 24.5 Å². The predicted molar refractivity (Wildman–Crippen MR) is 52.1 cm³/mol. The third-order valence-corrected chi connectivity index (χ3v) is 5.61. The second kappa shape index (κ2) is 4.00. The third kappa shape index (κ3) is 2.79. The molecule has 0 aromatic rings. The van der Waals surface area contributed by atoms with Crippen molar-refractivity contribution in [3.63, 3.8) is 0 Å². The highest BCUT2D eigenvalue weighted by Crippen LogP contribution is 2.20. The topological polar surface area (TPSA) is 77.5 Å². The normalized spacial score (nSPS) is 26.1. The summed E-state index contributed by atoms with van der Waals surface area (Å²) in [5.74, 6) is -0.402. The largest absolute Gasteiger partial charge is 0.271 e. The maximum atomic E-state index is 11.3. The second-order valence-electron chi connectivity index (χ2n) is 3.09. The van der Waals surface area contributed by atoms with Crippen LogP contribution in [0.25, 0.3) is 0 Å². The van der Waals surface area contributed by atoms with E-state index < -0.39 is 25.2 Å². The molecule has 0 amide bonds. The van der Waals surface area contributed by atoms with Gasteiger partial charge in [0.15, 0.2) is 9.84 Å². The summed E-state index contributed by atoms with van der Waals surface area (Å²) >= 11 is 0. The van der Waals surface area contributed by atoms with Crippen LogP contribution < -0.4 is 0 Å². The van der Waals surface area contributed by atoms with E-state index in [1.165, 1.54) is 6.08 Å². The van der Waals surface area contributed by atoms with Crippen molar-refractivity contribution in [3.05, 3.63) is 12.7 Å². The number of rotatable bonds is 4. The van der Waals surface area contributed by atoms with E-state index in [9.17, 15) is 16.8 Å². The summed E-state index contributed by atoms with van der Waals surface area (Å²) < 4.78 is 49.3. The van der Waals surface area contributed by atoms with Gasteiger partial charge in [-0.1, -0.05) is 6.08 Å². The van der Waals surface area contributed by atoms with Crippen LogP contribution in [0, 0.1) is 0 Å². The molecule has 82 valence electrons. The highest BCUT2D eigenvalue weighted by atomic mass is 32.2. The minimum atomic E-state index is -3.74. The van der Waals surface area contributed by atoms with E-state index in [1.54, 1.807) is 0 Å². The van der Waals surface area contributed by atoms with Gasteiger partial charge < -0.3 is 0 Å². The highest BCUT2D eigenvalue weighted by molar-refractivity contribution is 7.94. The minimum absolute atomic E-state index is 0.0751. The van der Waals surface area contributed by atoms with E-state index in [2.05, 4.69) is 10.8 Å². The molecule has 1 atom stereocenters. The SMILES string of the molecule is C=CCOS(=O)(=O)[C@@H]1CCS(=O)(=O)C1. The molecule has 14 heavy (non-hydrogen) atoms. The van der Waals surface area contributed by atoms with Gasteiger partial charge in [0.2, 0.25) is 0 Å². The summed E-state index contributed by atoms with van der Waals surface area (Å²) in [5.41, 5.74) is 0. The molecule has 1 fully saturated rings. The van der Waals surface area contributed by atoms with Crippen LogP contribution in [0.4, 0.5) is 0 Å². The van der Waals surface area contributed by atoms with Gasteiger partial charge in [-0.25, -0.2) is 8.42 Å². The Morgan fingerprint density at radius 2 is 2.14 bits per heavy atom. The molecule has 0 radical (unpaired) electrons. The molecule has 0 aromatic heterocycles. The summed E-state index contributed by atoms with van der Waals surface area (Å²) in [5, 5.41) is -0.910. The van der Waals surface area contributed by atoms with Gasteiger partial charge in [0, 0.05) is 0 Å². The maximum Gasteiger partial charge on any atom is 0.271 e. The molecule has 1 aliphatic heterocycles. The molecule has 0 bridgehead atoms. The first kappa shape index (κ1) is 11.7. The predicted octanol–water partition coefficient (Wildman–Crippen LogP) is -0.294. The number of sulfone groups is 1. The molecule has 7 heteroatoms. The van der Waals surface area contributed by atoms with Crippen LogP contribution in [0.3, 0.4) is 0 Å². The summed E-state index contributed by atoms with van der Waals surface area (Å²) in [6.07, 6.45) is 1.43. The standard InChI is InChI=1S/C7H12O5S2/c1-2-4-12-14(10,11)7-3-5-13(8,9)6-7/h2,7H,1,3-6H2/t7-/m1/s1. The number of hydrogen-bond acceptors (Lipinski definition) is 5. The molecule has 0 N–H and O–H groups in total. The Balaban J connectivity index is 2.71. The van der Waals surface area contributed by atoms with Gasteiger partial charge in [-0.05, 0) is 6.42 Å². The van der Waals surface area contributed by atoms with Gasteiger partial charge in [0.05, 0.1) is 18.1 Å². The maximum absolute atomic E-state index is 11.3. The third-order valence-electron chi connectivity index (χ3n) is 1.95. The van der Waals surface area contributed by atoms with Crippen LogP contribution in [0.5, 0.6) is 0 Å². The van der Waals surface area contributed by atoms with Crippen molar-refractivity contribution < 1.29 is 21.0 Å². The average Bonchev–Trinajstić information content (AvgIpc) is 2.43. The average molecular weight is 240 g/mol. The first-order valence-corrected chi connectivity index (χ1v) is 7.36. The van der Waals surface area contributed by atoms with Crippen molar-refractivity contribution in [2.75, 3.05) is 18.1 Å². The minimum Gasteiger partial charge on any atom is -0.266 e. The Morgan fingerprint density at radius 3 is 2.57 bits per heavy atom. The van der Waals surface area contributed by atoms with E-state index in [1.807, 2.05) is 0 Å². The lowest BCUT2D eigenvalue weighted by Crippen LogP contribution is -2.24. The smallest absolute Gasteiger partial charge is 0.266 e. The Morgan fingerprint density at radius 1 is 1.50 bits per heavy atom. The van der Waals surface area contributed by atoms with Gasteiger partial charge in [0.1, 0.15) is 5.25 Å². The van der Waals surface area contributed by atoms with E-state index in [4.69, 9.17) is 0 Å². The van der Waals surface area contributed by atoms with Crippen molar-refractivity contribution >= 4 is 20.0 Å². The molecular formula is C7H12O5S2. The van der Waals surface area contributed by atoms with Crippen molar-refractivity contribution in [3.8, 4) is 0 Å². The van der Waals surface area contributed by atoms with Gasteiger partial charge >= 0.3 is 0 Å². The Kier molecular flexibility index (Phi) is 3.33. The fourth-order valence-corrected chi connectivity index (χ4v) is 5.09. The summed E-state index contributed by atoms with van der Waals surface area (Å²) in [7, 11) is -6.93. The lowest BCUT2D eigenvalue weighted by atomic mass is 10.4. The van der Waals surface area contributed by atoms with Crippen LogP contribution in [0.1, 0.15) is 6.42 Å². The summed E-state index contributed by atoms with van der Waals surface area (Å²) in [4.78, 5) is 0. The van der Waals surface area contributed by atoms with Crippen LogP contribution in [-0.4, -0.2) is 40.2 Å². The van der Waals surface area contributed by atoms with Gasteiger partial charge in [0.25, 0.3) is 10.1 Å². The van der Waals surface area contributed by atoms with Crippen molar-refractivity contribution in [1.82, 2.24) is 0 Å². The van der Waals surface area contributed by atoms with E-state index in [0.717, 1.165) is 0 Å². The molecule has 1 rings (SSSR count). The molecule has 0 aromatic carbocycles. The monoisotopic (exact) mass is 240 g/mol. The number of hydrogen-bond donors (Lipinski definition) is 0. The Hall–Kier alpha value is -0.400. The molecule has 5 nitrogen and oxygen atoms in total. The Labute approximate surface area is 83.8 Å². The second-order valence-corrected chi connectivity index (χ2v) is 7.21. The van der Waals surface area contributed by atoms with Gasteiger partial charge in [-0.15, -0.1) is 6.58 Å². The quantitative estimate of drug-likeness (QED) is 0.498. The zero-order valence-electron chi connectivity index (χ0n) is 7.55. The summed E-state index contributed by atoms with van der Waals surface area (Å²) in [6, 6.07) is 0. The first-order valence-electron chi connectivity index (χ1n) is 4.07. The van der Waals surface area contributed by atoms with Crippen LogP contribution in [0.15, 0.2) is 12.7 Å². The first-order chi connectivity index (χ1) is 6.37. The molecule has 0 unspecified atom stereocenters. The lowest BCUT2D eigenvalue weighted by molar-refractivity contribution is 0.351. The molecule has 0 saturated carbocycles. The molecule has 1 saturated heterocycles. The van der Waals surface area contributed by atoms with Crippen LogP contribution in [-0.2, 0) is 24.1 Å². The molecular weight excluding hydrogens is 228 g/mol. The van der Waals surface area contributed by atoms with Crippen molar-refractivity contribution in [1.29, 1.82) is 0 Å². The van der Waals surface area contributed by atoms with Gasteiger partial charge in [-0.2, -0.15) is 8.42 Å². The van der Waals surface area contributed by atoms with Crippen molar-refractivity contribution in [2.45, 2.75) is 11.7 Å². The van der Waals surface area contributed by atoms with Crippen LogP contribution in [0.2, 0.25) is 0 Å². The fraction of sp³-hybridized carbons (Fsp3) is 0.714. The Bertz CT molecular complexity index is 405. The zero-order valence-corrected chi connectivity index (χ0v) is 9.18. The zero-order chi connectivity index (χ0) is 10.8. The van der Waals surface area contributed by atoms with E-state index in [0.29, 0.717) is 0 Å². The summed E-state index contributed by atoms with van der Waals surface area (Å²) in [6.45, 7) is 3.20. The van der Waals surface area contributed by atoms with Crippen LogP contribution >= 0.6 is 0 Å². The highest BCUT2D eigenvalue weighted by Gasteiger charge is 2.37. The van der Waals surface area contributed by atoms with E-state index >= 15 is 0 Å². The molecule has 0 aliphatic carbocycles. The van der Waals surface area contributed by atoms with Crippen molar-refractivity contribution in [2.24, 2.45) is 0 Å². The fourth-order valence-electron chi connectivity index (χ4n) is 1.23. The lowest BCUT2D eigenvalue weighted by Gasteiger charge is -2.07.